The van der Waals surface area contributed by atoms with Gasteiger partial charge in [0.05, 0.1) is 16.7 Å². The number of nitrogens with zero attached hydrogens (tertiary/aromatic N) is 5. The quantitative estimate of drug-likeness (QED) is 0.523. The summed E-state index contributed by atoms with van der Waals surface area (Å²) in [6.07, 6.45) is 5.87. The van der Waals surface area contributed by atoms with Crippen LogP contribution in [0.25, 0.3) is 22.3 Å². The number of ether oxygens (including phenoxy) is 1. The predicted octanol–water partition coefficient (Wildman–Crippen LogP) is 4.48. The molecule has 0 bridgehead atoms. The first-order valence-electron chi connectivity index (χ1n) is 10.0. The zero-order valence-corrected chi connectivity index (χ0v) is 17.4. The second kappa shape index (κ2) is 7.74. The molecule has 1 N–H and O–H groups in total. The van der Waals surface area contributed by atoms with Crippen LogP contribution in [0.5, 0.6) is 5.75 Å². The number of benzene rings is 2. The van der Waals surface area contributed by atoms with Gasteiger partial charge in [-0.1, -0.05) is 17.7 Å². The molecule has 0 saturated carbocycles. The summed E-state index contributed by atoms with van der Waals surface area (Å²) in [4.78, 5) is 4.68. The van der Waals surface area contributed by atoms with Crippen molar-refractivity contribution in [3.05, 3.63) is 59.0 Å². The molecule has 2 aromatic carbocycles. The molecule has 1 aliphatic rings. The van der Waals surface area contributed by atoms with E-state index in [0.717, 1.165) is 47.3 Å². The van der Waals surface area contributed by atoms with Gasteiger partial charge in [-0.25, -0.2) is 9.67 Å². The van der Waals surface area contributed by atoms with E-state index in [4.69, 9.17) is 16.3 Å². The van der Waals surface area contributed by atoms with Crippen LogP contribution in [0.4, 0.5) is 0 Å². The molecule has 7 nitrogen and oxygen atoms in total. The number of hydrogen-bond acceptors (Lipinski definition) is 5. The summed E-state index contributed by atoms with van der Waals surface area (Å²) in [5.74, 6) is 1.47. The minimum Gasteiger partial charge on any atom is -0.506 e. The number of rotatable bonds is 4. The Kier molecular flexibility index (Phi) is 4.92. The van der Waals surface area contributed by atoms with Gasteiger partial charge in [0.15, 0.2) is 12.1 Å². The highest BCUT2D eigenvalue weighted by Gasteiger charge is 2.19. The predicted molar refractivity (Wildman–Crippen MR) is 114 cm³/mol. The number of halogens is 1. The van der Waals surface area contributed by atoms with Gasteiger partial charge in [-0.2, -0.15) is 10.2 Å². The Morgan fingerprint density at radius 2 is 2.10 bits per heavy atom. The zero-order valence-electron chi connectivity index (χ0n) is 16.6. The highest BCUT2D eigenvalue weighted by molar-refractivity contribution is 6.32. The average molecular weight is 424 g/mol. The van der Waals surface area contributed by atoms with Crippen molar-refractivity contribution in [1.29, 1.82) is 0 Å². The Hall–Kier alpha value is -2.90. The smallest absolute Gasteiger partial charge is 0.181 e. The molecule has 0 radical (unpaired) electrons. The molecule has 8 heteroatoms. The fraction of sp³-hybridized carbons (Fsp3) is 0.318. The lowest BCUT2D eigenvalue weighted by molar-refractivity contribution is -0.0366. The lowest BCUT2D eigenvalue weighted by Crippen LogP contribution is -2.18. The third kappa shape index (κ3) is 3.55. The second-order valence-corrected chi connectivity index (χ2v) is 8.03. The summed E-state index contributed by atoms with van der Waals surface area (Å²) in [5.41, 5.74) is 2.99. The van der Waals surface area contributed by atoms with Crippen molar-refractivity contribution in [2.45, 2.75) is 31.9 Å². The zero-order chi connectivity index (χ0) is 20.7. The van der Waals surface area contributed by atoms with Crippen LogP contribution in [0.3, 0.4) is 0 Å². The van der Waals surface area contributed by atoms with Crippen LogP contribution in [-0.4, -0.2) is 36.3 Å². The third-order valence-electron chi connectivity index (χ3n) is 5.51. The number of hydrogen-bond donors (Lipinski definition) is 1. The fourth-order valence-corrected chi connectivity index (χ4v) is 4.06. The summed E-state index contributed by atoms with van der Waals surface area (Å²) in [6.45, 7) is 0.796. The molecule has 154 valence electrons. The molecule has 1 unspecified atom stereocenters. The topological polar surface area (TPSA) is 78.0 Å². The summed E-state index contributed by atoms with van der Waals surface area (Å²) in [6, 6.07) is 11.3. The van der Waals surface area contributed by atoms with Gasteiger partial charge in [-0.05, 0) is 55.2 Å². The standard InChI is InChI=1S/C22H22ClN5O2/c1-27-20(25-22(26-27)15-6-8-19(29)17(23)12-15)11-14-5-7-18-16(10-14)13-24-28(18)21-4-2-3-9-30-21/h5-8,10,12-13,21,29H,2-4,9,11H2,1H3. The van der Waals surface area contributed by atoms with Crippen molar-refractivity contribution in [2.24, 2.45) is 7.05 Å². The molecule has 30 heavy (non-hydrogen) atoms. The molecule has 0 spiro atoms. The van der Waals surface area contributed by atoms with Crippen LogP contribution in [0.15, 0.2) is 42.6 Å². The fourth-order valence-electron chi connectivity index (χ4n) is 3.88. The van der Waals surface area contributed by atoms with Crippen LogP contribution in [0, 0.1) is 0 Å². The van der Waals surface area contributed by atoms with E-state index in [1.54, 1.807) is 22.9 Å². The van der Waals surface area contributed by atoms with Gasteiger partial charge in [-0.15, -0.1) is 0 Å². The average Bonchev–Trinajstić information content (AvgIpc) is 3.34. The van der Waals surface area contributed by atoms with Crippen molar-refractivity contribution in [3.63, 3.8) is 0 Å². The molecule has 5 rings (SSSR count). The SMILES string of the molecule is Cn1nc(-c2ccc(O)c(Cl)c2)nc1Cc1ccc2c(cnn2C2CCCCO2)c1. The number of fused-ring (bicyclic) bond motifs is 1. The van der Waals surface area contributed by atoms with E-state index in [9.17, 15) is 5.11 Å². The molecular formula is C22H22ClN5O2. The van der Waals surface area contributed by atoms with E-state index in [-0.39, 0.29) is 17.0 Å². The van der Waals surface area contributed by atoms with Crippen LogP contribution in [-0.2, 0) is 18.2 Å². The Balaban J connectivity index is 1.40. The van der Waals surface area contributed by atoms with Crippen molar-refractivity contribution in [3.8, 4) is 17.1 Å². The summed E-state index contributed by atoms with van der Waals surface area (Å²) >= 11 is 6.02. The second-order valence-electron chi connectivity index (χ2n) is 7.62. The molecule has 4 aromatic rings. The van der Waals surface area contributed by atoms with E-state index in [1.165, 1.54) is 6.42 Å². The minimum absolute atomic E-state index is 0.0283. The normalized spacial score (nSPS) is 16.9. The Labute approximate surface area is 178 Å². The molecule has 1 aliphatic heterocycles. The van der Waals surface area contributed by atoms with E-state index in [2.05, 4.69) is 33.4 Å². The molecule has 1 atom stereocenters. The molecule has 1 fully saturated rings. The molecule has 2 aromatic heterocycles. The highest BCUT2D eigenvalue weighted by Crippen LogP contribution is 2.29. The van der Waals surface area contributed by atoms with Gasteiger partial charge in [0.25, 0.3) is 0 Å². The van der Waals surface area contributed by atoms with Crippen LogP contribution >= 0.6 is 11.6 Å². The third-order valence-corrected chi connectivity index (χ3v) is 5.81. The van der Waals surface area contributed by atoms with Crippen molar-refractivity contribution >= 4 is 22.5 Å². The van der Waals surface area contributed by atoms with E-state index < -0.39 is 0 Å². The first-order chi connectivity index (χ1) is 14.6. The van der Waals surface area contributed by atoms with Crippen molar-refractivity contribution < 1.29 is 9.84 Å². The van der Waals surface area contributed by atoms with Gasteiger partial charge in [0.1, 0.15) is 11.6 Å². The molecule has 0 aliphatic carbocycles. The van der Waals surface area contributed by atoms with E-state index in [0.29, 0.717) is 12.2 Å². The Bertz CT molecular complexity index is 1210. The minimum atomic E-state index is 0.0283. The number of phenols is 1. The number of phenolic OH excluding ortho intramolecular Hbond substituents is 1. The maximum Gasteiger partial charge on any atom is 0.181 e. The molecule has 1 saturated heterocycles. The van der Waals surface area contributed by atoms with E-state index >= 15 is 0 Å². The number of aryl methyl sites for hydroxylation is 1. The van der Waals surface area contributed by atoms with Gasteiger partial charge < -0.3 is 9.84 Å². The number of aromatic hydroxyl groups is 1. The Morgan fingerprint density at radius 1 is 1.20 bits per heavy atom. The highest BCUT2D eigenvalue weighted by atomic mass is 35.5. The maximum atomic E-state index is 9.62. The first-order valence-corrected chi connectivity index (χ1v) is 10.4. The Morgan fingerprint density at radius 3 is 2.90 bits per heavy atom. The summed E-state index contributed by atoms with van der Waals surface area (Å²) in [5, 5.41) is 20.1. The molecule has 0 amide bonds. The van der Waals surface area contributed by atoms with E-state index in [1.807, 2.05) is 17.9 Å². The van der Waals surface area contributed by atoms with Crippen LogP contribution in [0.1, 0.15) is 36.9 Å². The summed E-state index contributed by atoms with van der Waals surface area (Å²) in [7, 11) is 1.88. The lowest BCUT2D eigenvalue weighted by atomic mass is 10.1. The van der Waals surface area contributed by atoms with Gasteiger partial charge in [0.2, 0.25) is 0 Å². The molecule has 3 heterocycles. The van der Waals surface area contributed by atoms with Crippen LogP contribution < -0.4 is 0 Å². The summed E-state index contributed by atoms with van der Waals surface area (Å²) < 4.78 is 9.66. The van der Waals surface area contributed by atoms with Crippen LogP contribution in [0.2, 0.25) is 5.02 Å². The maximum absolute atomic E-state index is 9.62. The van der Waals surface area contributed by atoms with Gasteiger partial charge in [-0.3, -0.25) is 4.68 Å². The monoisotopic (exact) mass is 423 g/mol. The van der Waals surface area contributed by atoms with Crippen molar-refractivity contribution in [2.75, 3.05) is 6.61 Å². The molecular weight excluding hydrogens is 402 g/mol. The van der Waals surface area contributed by atoms with Crippen molar-refractivity contribution in [1.82, 2.24) is 24.5 Å². The first kappa shape index (κ1) is 19.1. The largest absolute Gasteiger partial charge is 0.506 e. The van der Waals surface area contributed by atoms with Gasteiger partial charge >= 0.3 is 0 Å². The lowest BCUT2D eigenvalue weighted by Gasteiger charge is -2.23. The van der Waals surface area contributed by atoms with Gasteiger partial charge in [0, 0.05) is 31.0 Å². The number of aromatic nitrogens is 5.